The normalized spacial score (nSPS) is 29.6. The van der Waals surface area contributed by atoms with Gasteiger partial charge in [0.2, 0.25) is 0 Å². The third kappa shape index (κ3) is 6.19. The number of likely N-dealkylation sites (tertiary alicyclic amines) is 1. The number of hydrogen-bond acceptors (Lipinski definition) is 3. The number of nitrogens with zero attached hydrogens (tertiary/aromatic N) is 2. The van der Waals surface area contributed by atoms with Crippen LogP contribution in [0.3, 0.4) is 0 Å². The van der Waals surface area contributed by atoms with E-state index >= 15 is 0 Å². The van der Waals surface area contributed by atoms with Gasteiger partial charge in [-0.2, -0.15) is 0 Å². The first kappa shape index (κ1) is 21.7. The summed E-state index contributed by atoms with van der Waals surface area (Å²) < 4.78 is 0. The zero-order chi connectivity index (χ0) is 16.7. The van der Waals surface area contributed by atoms with Crippen molar-refractivity contribution in [3.8, 4) is 0 Å². The minimum absolute atomic E-state index is 0. The highest BCUT2D eigenvalue weighted by atomic mass is 127. The third-order valence-electron chi connectivity index (χ3n) is 5.48. The topological polar surface area (TPSA) is 59.9 Å². The van der Waals surface area contributed by atoms with Gasteiger partial charge >= 0.3 is 0 Å². The van der Waals surface area contributed by atoms with Crippen LogP contribution in [0.1, 0.15) is 45.4 Å². The Bertz CT molecular complexity index is 410. The molecule has 0 aromatic heterocycles. The van der Waals surface area contributed by atoms with E-state index in [4.69, 9.17) is 0 Å². The lowest BCUT2D eigenvalue weighted by molar-refractivity contribution is 0.00393. The highest BCUT2D eigenvalue weighted by molar-refractivity contribution is 14.0. The summed E-state index contributed by atoms with van der Waals surface area (Å²) in [5.74, 6) is 0.867. The third-order valence-corrected chi connectivity index (χ3v) is 5.48. The molecule has 24 heavy (non-hydrogen) atoms. The number of guanidine groups is 1. The van der Waals surface area contributed by atoms with Gasteiger partial charge in [-0.15, -0.1) is 30.6 Å². The van der Waals surface area contributed by atoms with Crippen molar-refractivity contribution in [3.63, 3.8) is 0 Å². The molecule has 6 heteroatoms. The highest BCUT2D eigenvalue weighted by Gasteiger charge is 2.35. The van der Waals surface area contributed by atoms with Gasteiger partial charge in [-0.25, -0.2) is 0 Å². The molecule has 0 aromatic carbocycles. The maximum atomic E-state index is 10.3. The van der Waals surface area contributed by atoms with Gasteiger partial charge in [-0.1, -0.05) is 25.8 Å². The van der Waals surface area contributed by atoms with Gasteiger partial charge in [0.15, 0.2) is 5.96 Å². The van der Waals surface area contributed by atoms with Crippen LogP contribution < -0.4 is 10.6 Å². The van der Waals surface area contributed by atoms with Crippen molar-refractivity contribution in [1.29, 1.82) is 0 Å². The number of aliphatic hydroxyl groups excluding tert-OH is 1. The van der Waals surface area contributed by atoms with Crippen LogP contribution in [0.5, 0.6) is 0 Å². The van der Waals surface area contributed by atoms with Crippen LogP contribution in [-0.4, -0.2) is 61.3 Å². The van der Waals surface area contributed by atoms with Gasteiger partial charge in [0, 0.05) is 44.7 Å². The number of halogens is 1. The Morgan fingerprint density at radius 3 is 2.62 bits per heavy atom. The number of aliphatic imine (C=N–C) groups is 1. The fourth-order valence-electron chi connectivity index (χ4n) is 3.70. The van der Waals surface area contributed by atoms with Gasteiger partial charge in [-0.05, 0) is 25.7 Å². The van der Waals surface area contributed by atoms with Crippen molar-refractivity contribution in [2.75, 3.05) is 33.2 Å². The smallest absolute Gasteiger partial charge is 0.191 e. The van der Waals surface area contributed by atoms with Crippen molar-refractivity contribution in [3.05, 3.63) is 12.7 Å². The minimum atomic E-state index is -0.205. The summed E-state index contributed by atoms with van der Waals surface area (Å²) in [5.41, 5.74) is -0.0385. The van der Waals surface area contributed by atoms with Gasteiger partial charge < -0.3 is 15.7 Å². The molecule has 2 aliphatic rings. The van der Waals surface area contributed by atoms with E-state index in [1.165, 1.54) is 6.42 Å². The summed E-state index contributed by atoms with van der Waals surface area (Å²) in [6.45, 7) is 9.97. The van der Waals surface area contributed by atoms with Crippen LogP contribution in [0.4, 0.5) is 0 Å². The molecule has 2 atom stereocenters. The van der Waals surface area contributed by atoms with E-state index in [2.05, 4.69) is 34.0 Å². The summed E-state index contributed by atoms with van der Waals surface area (Å²) in [6.07, 6.45) is 8.40. The Morgan fingerprint density at radius 1 is 1.33 bits per heavy atom. The van der Waals surface area contributed by atoms with E-state index in [9.17, 15) is 5.11 Å². The number of nitrogens with one attached hydrogen (secondary N) is 2. The molecule has 0 radical (unpaired) electrons. The van der Waals surface area contributed by atoms with E-state index in [0.717, 1.165) is 64.2 Å². The molecule has 0 amide bonds. The molecule has 1 saturated carbocycles. The molecule has 3 N–H and O–H groups in total. The first-order valence-corrected chi connectivity index (χ1v) is 9.06. The minimum Gasteiger partial charge on any atom is -0.392 e. The van der Waals surface area contributed by atoms with Crippen molar-refractivity contribution in [2.24, 2.45) is 10.4 Å². The lowest BCUT2D eigenvalue weighted by Gasteiger charge is -2.39. The zero-order valence-corrected chi connectivity index (χ0v) is 17.6. The fourth-order valence-corrected chi connectivity index (χ4v) is 3.70. The second-order valence-corrected chi connectivity index (χ2v) is 7.35. The molecule has 140 valence electrons. The molecular weight excluding hydrogens is 415 g/mol. The van der Waals surface area contributed by atoms with Crippen LogP contribution in [-0.2, 0) is 0 Å². The van der Waals surface area contributed by atoms with Crippen LogP contribution in [0.25, 0.3) is 0 Å². The SMILES string of the molecule is C=CCN1CCC(NC(=NC)NCC2(C)CCCCC2O)CC1.I. The van der Waals surface area contributed by atoms with E-state index < -0.39 is 0 Å². The first-order chi connectivity index (χ1) is 11.1. The van der Waals surface area contributed by atoms with Crippen LogP contribution in [0.15, 0.2) is 17.6 Å². The molecule has 1 saturated heterocycles. The van der Waals surface area contributed by atoms with E-state index in [1.807, 2.05) is 13.1 Å². The second-order valence-electron chi connectivity index (χ2n) is 7.35. The Hall–Kier alpha value is -0.340. The molecule has 0 spiro atoms. The van der Waals surface area contributed by atoms with Gasteiger partial charge in [0.05, 0.1) is 6.10 Å². The summed E-state index contributed by atoms with van der Waals surface area (Å²) in [4.78, 5) is 6.79. The lowest BCUT2D eigenvalue weighted by atomic mass is 9.73. The molecular formula is C18H35IN4O. The second kappa shape index (κ2) is 10.6. The van der Waals surface area contributed by atoms with Crippen LogP contribution >= 0.6 is 24.0 Å². The van der Waals surface area contributed by atoms with E-state index in [0.29, 0.717) is 6.04 Å². The molecule has 1 aliphatic heterocycles. The summed E-state index contributed by atoms with van der Waals surface area (Å²) in [5, 5.41) is 17.3. The maximum absolute atomic E-state index is 10.3. The molecule has 0 aromatic rings. The summed E-state index contributed by atoms with van der Waals surface area (Å²) in [7, 11) is 1.82. The lowest BCUT2D eigenvalue weighted by Crippen LogP contribution is -2.52. The van der Waals surface area contributed by atoms with Crippen molar-refractivity contribution in [1.82, 2.24) is 15.5 Å². The quantitative estimate of drug-likeness (QED) is 0.261. The summed E-state index contributed by atoms with van der Waals surface area (Å²) in [6, 6.07) is 0.478. The molecule has 0 bridgehead atoms. The monoisotopic (exact) mass is 450 g/mol. The standard InChI is InChI=1S/C18H34N4O.HI/c1-4-11-22-12-8-15(9-13-22)21-17(19-3)20-14-18(2)10-6-5-7-16(18)23;/h4,15-16,23H,1,5-14H2,2-3H3,(H2,19,20,21);1H. The number of hydrogen-bond donors (Lipinski definition) is 3. The first-order valence-electron chi connectivity index (χ1n) is 9.06. The molecule has 2 rings (SSSR count). The van der Waals surface area contributed by atoms with Gasteiger partial charge in [-0.3, -0.25) is 9.89 Å². The fraction of sp³-hybridized carbons (Fsp3) is 0.833. The van der Waals surface area contributed by atoms with Crippen LogP contribution in [0.2, 0.25) is 0 Å². The number of aliphatic hydroxyl groups is 1. The Kier molecular flexibility index (Phi) is 9.59. The van der Waals surface area contributed by atoms with Crippen molar-refractivity contribution >= 4 is 29.9 Å². The molecule has 2 fully saturated rings. The summed E-state index contributed by atoms with van der Waals surface area (Å²) >= 11 is 0. The Labute approximate surface area is 164 Å². The zero-order valence-electron chi connectivity index (χ0n) is 15.3. The van der Waals surface area contributed by atoms with Crippen molar-refractivity contribution < 1.29 is 5.11 Å². The molecule has 1 heterocycles. The maximum Gasteiger partial charge on any atom is 0.191 e. The largest absolute Gasteiger partial charge is 0.392 e. The highest BCUT2D eigenvalue weighted by Crippen LogP contribution is 2.35. The molecule has 1 aliphatic carbocycles. The van der Waals surface area contributed by atoms with E-state index in [-0.39, 0.29) is 35.5 Å². The number of piperidine rings is 1. The average Bonchev–Trinajstić information content (AvgIpc) is 2.56. The van der Waals surface area contributed by atoms with Gasteiger partial charge in [0.25, 0.3) is 0 Å². The van der Waals surface area contributed by atoms with Crippen molar-refractivity contribution in [2.45, 2.75) is 57.6 Å². The van der Waals surface area contributed by atoms with E-state index in [1.54, 1.807) is 0 Å². The van der Waals surface area contributed by atoms with Crippen LogP contribution in [0, 0.1) is 5.41 Å². The predicted molar refractivity (Wildman–Crippen MR) is 112 cm³/mol. The van der Waals surface area contributed by atoms with Gasteiger partial charge in [0.1, 0.15) is 0 Å². The number of rotatable bonds is 5. The molecule has 2 unspecified atom stereocenters. The Morgan fingerprint density at radius 2 is 2.04 bits per heavy atom. The predicted octanol–water partition coefficient (Wildman–Crippen LogP) is 2.36. The average molecular weight is 450 g/mol. The Balaban J connectivity index is 0.00000288. The molecule has 5 nitrogen and oxygen atoms in total.